The predicted molar refractivity (Wildman–Crippen MR) is 89.2 cm³/mol. The van der Waals surface area contributed by atoms with Crippen molar-refractivity contribution in [2.45, 2.75) is 19.4 Å². The molecule has 0 saturated carbocycles. The molecule has 2 atom stereocenters. The molecule has 0 aromatic heterocycles. The summed E-state index contributed by atoms with van der Waals surface area (Å²) in [5.74, 6) is 0.0246. The third kappa shape index (κ3) is 3.33. The average molecular weight is 487 g/mol. The minimum Gasteiger partial charge on any atom is -0.506 e. The Kier molecular flexibility index (Phi) is 4.93. The molecule has 104 valence electrons. The summed E-state index contributed by atoms with van der Waals surface area (Å²) in [6, 6.07) is 3.53. The number of hydrogen-bond donors (Lipinski definition) is 2. The molecule has 1 aliphatic heterocycles. The molecule has 0 spiro atoms. The van der Waals surface area contributed by atoms with E-state index in [1.807, 2.05) is 28.7 Å². The molecule has 2 unspecified atom stereocenters. The van der Waals surface area contributed by atoms with Gasteiger partial charge in [-0.3, -0.25) is 4.79 Å². The van der Waals surface area contributed by atoms with Crippen molar-refractivity contribution in [3.8, 4) is 5.75 Å². The number of aromatic hydroxyl groups is 1. The van der Waals surface area contributed by atoms with Gasteiger partial charge in [0.15, 0.2) is 0 Å². The van der Waals surface area contributed by atoms with Crippen LogP contribution in [0.2, 0.25) is 0 Å². The minimum absolute atomic E-state index is 0.0477. The molecule has 1 aromatic carbocycles. The molecular formula is C13H15I2NO3. The van der Waals surface area contributed by atoms with Crippen LogP contribution in [-0.2, 0) is 0 Å². The predicted octanol–water partition coefficient (Wildman–Crippen LogP) is 2.44. The first-order valence-corrected chi connectivity index (χ1v) is 8.21. The molecule has 0 bridgehead atoms. The summed E-state index contributed by atoms with van der Waals surface area (Å²) < 4.78 is 1.61. The second-order valence-corrected chi connectivity index (χ2v) is 7.23. The summed E-state index contributed by atoms with van der Waals surface area (Å²) in [7, 11) is 0. The Morgan fingerprint density at radius 3 is 2.74 bits per heavy atom. The van der Waals surface area contributed by atoms with Crippen LogP contribution in [0.3, 0.4) is 0 Å². The Hall–Kier alpha value is -0.0900. The average Bonchev–Trinajstić information content (AvgIpc) is 2.82. The van der Waals surface area contributed by atoms with E-state index in [-0.39, 0.29) is 17.6 Å². The van der Waals surface area contributed by atoms with Crippen molar-refractivity contribution in [1.29, 1.82) is 0 Å². The smallest absolute Gasteiger partial charge is 0.257 e. The Morgan fingerprint density at radius 2 is 2.16 bits per heavy atom. The van der Waals surface area contributed by atoms with Gasteiger partial charge in [-0.15, -0.1) is 0 Å². The van der Waals surface area contributed by atoms with E-state index in [9.17, 15) is 15.0 Å². The first-order valence-electron chi connectivity index (χ1n) is 6.05. The number of aliphatic hydroxyl groups excluding tert-OH is 1. The van der Waals surface area contributed by atoms with Crippen LogP contribution < -0.4 is 0 Å². The number of carbonyl (C=O) groups is 1. The molecule has 1 fully saturated rings. The number of benzene rings is 1. The number of amides is 1. The summed E-state index contributed by atoms with van der Waals surface area (Å²) in [4.78, 5) is 14.1. The van der Waals surface area contributed by atoms with Crippen LogP contribution in [0.15, 0.2) is 12.1 Å². The number of likely N-dealkylation sites (tertiary alicyclic amines) is 1. The summed E-state index contributed by atoms with van der Waals surface area (Å²) in [5.41, 5.74) is 0.350. The fourth-order valence-electron chi connectivity index (χ4n) is 2.26. The molecule has 1 saturated heterocycles. The third-order valence-corrected chi connectivity index (χ3v) is 4.90. The Morgan fingerprint density at radius 1 is 1.47 bits per heavy atom. The van der Waals surface area contributed by atoms with Gasteiger partial charge in [-0.25, -0.2) is 0 Å². The number of nitrogens with zero attached hydrogens (tertiary/aromatic N) is 1. The van der Waals surface area contributed by atoms with Crippen LogP contribution in [0.5, 0.6) is 5.75 Å². The maximum atomic E-state index is 12.4. The number of aliphatic hydroxyl groups is 1. The van der Waals surface area contributed by atoms with Crippen molar-refractivity contribution in [3.63, 3.8) is 0 Å². The largest absolute Gasteiger partial charge is 0.506 e. The summed E-state index contributed by atoms with van der Waals surface area (Å²) in [5, 5.41) is 19.6. The molecule has 2 N–H and O–H groups in total. The summed E-state index contributed by atoms with van der Waals surface area (Å²) in [6.07, 6.45) is 0.410. The minimum atomic E-state index is -0.401. The van der Waals surface area contributed by atoms with Gasteiger partial charge in [0.2, 0.25) is 0 Å². The lowest BCUT2D eigenvalue weighted by atomic mass is 10.0. The van der Waals surface area contributed by atoms with Crippen LogP contribution in [0.4, 0.5) is 0 Å². The molecular weight excluding hydrogens is 472 g/mol. The van der Waals surface area contributed by atoms with Crippen LogP contribution in [0, 0.1) is 13.1 Å². The number of phenols is 1. The molecule has 0 radical (unpaired) electrons. The van der Waals surface area contributed by atoms with E-state index in [0.717, 1.165) is 9.99 Å². The molecule has 6 heteroatoms. The normalized spacial score (nSPS) is 20.6. The van der Waals surface area contributed by atoms with Gasteiger partial charge < -0.3 is 15.1 Å². The highest BCUT2D eigenvalue weighted by atomic mass is 127. The number of carbonyl (C=O) groups excluding carboxylic acids is 1. The lowest BCUT2D eigenvalue weighted by molar-refractivity contribution is 0.0759. The van der Waals surface area contributed by atoms with Crippen molar-refractivity contribution in [2.75, 3.05) is 13.1 Å². The molecule has 4 nitrogen and oxygen atoms in total. The molecule has 19 heavy (non-hydrogen) atoms. The molecule has 1 aromatic rings. The molecule has 1 amide bonds. The first kappa shape index (κ1) is 15.3. The number of phenolic OH excluding ortho intramolecular Hbond substituents is 1. The van der Waals surface area contributed by atoms with Crippen molar-refractivity contribution in [2.24, 2.45) is 5.92 Å². The van der Waals surface area contributed by atoms with Gasteiger partial charge in [-0.2, -0.15) is 0 Å². The van der Waals surface area contributed by atoms with Crippen molar-refractivity contribution in [3.05, 3.63) is 24.8 Å². The zero-order chi connectivity index (χ0) is 14.2. The summed E-state index contributed by atoms with van der Waals surface area (Å²) in [6.45, 7) is 2.94. The Balaban J connectivity index is 2.22. The van der Waals surface area contributed by atoms with Crippen LogP contribution in [-0.4, -0.2) is 40.2 Å². The fourth-order valence-corrected chi connectivity index (χ4v) is 4.11. The molecule has 2 rings (SSSR count). The highest BCUT2D eigenvalue weighted by molar-refractivity contribution is 14.1. The quantitative estimate of drug-likeness (QED) is 0.631. The van der Waals surface area contributed by atoms with E-state index in [4.69, 9.17) is 0 Å². The molecule has 0 aliphatic carbocycles. The number of halogens is 2. The van der Waals surface area contributed by atoms with E-state index < -0.39 is 6.10 Å². The van der Waals surface area contributed by atoms with E-state index in [1.54, 1.807) is 17.9 Å². The van der Waals surface area contributed by atoms with Gasteiger partial charge in [-0.05, 0) is 70.7 Å². The van der Waals surface area contributed by atoms with Gasteiger partial charge in [0.05, 0.1) is 15.2 Å². The second kappa shape index (κ2) is 6.13. The fraction of sp³-hybridized carbons (Fsp3) is 0.462. The van der Waals surface area contributed by atoms with Gasteiger partial charge in [0.1, 0.15) is 5.75 Å². The zero-order valence-corrected chi connectivity index (χ0v) is 14.8. The Bertz CT molecular complexity index is 505. The van der Waals surface area contributed by atoms with Gasteiger partial charge in [0.25, 0.3) is 5.91 Å². The van der Waals surface area contributed by atoms with Crippen LogP contribution >= 0.6 is 45.2 Å². The monoisotopic (exact) mass is 487 g/mol. The SMILES string of the molecule is CC(O)C1CCN(C(=O)c2cc(I)cc(I)c2O)C1. The van der Waals surface area contributed by atoms with Crippen LogP contribution in [0.25, 0.3) is 0 Å². The number of hydrogen-bond acceptors (Lipinski definition) is 3. The van der Waals surface area contributed by atoms with E-state index in [2.05, 4.69) is 22.6 Å². The van der Waals surface area contributed by atoms with Gasteiger partial charge in [0, 0.05) is 22.6 Å². The van der Waals surface area contributed by atoms with Crippen molar-refractivity contribution >= 4 is 51.1 Å². The third-order valence-electron chi connectivity index (χ3n) is 3.45. The maximum Gasteiger partial charge on any atom is 0.257 e. The molecule has 1 aliphatic rings. The van der Waals surface area contributed by atoms with E-state index >= 15 is 0 Å². The maximum absolute atomic E-state index is 12.4. The van der Waals surface area contributed by atoms with Crippen LogP contribution in [0.1, 0.15) is 23.7 Å². The van der Waals surface area contributed by atoms with Gasteiger partial charge in [-0.1, -0.05) is 0 Å². The van der Waals surface area contributed by atoms with E-state index in [1.165, 1.54) is 0 Å². The lowest BCUT2D eigenvalue weighted by Gasteiger charge is -2.18. The zero-order valence-electron chi connectivity index (χ0n) is 10.4. The molecule has 1 heterocycles. The highest BCUT2D eigenvalue weighted by Gasteiger charge is 2.31. The standard InChI is InChI=1S/C13H15I2NO3/c1-7(17)8-2-3-16(6-8)13(19)10-4-9(14)5-11(15)12(10)18/h4-5,7-8,17-18H,2-3,6H2,1H3. The highest BCUT2D eigenvalue weighted by Crippen LogP contribution is 2.30. The van der Waals surface area contributed by atoms with Gasteiger partial charge >= 0.3 is 0 Å². The van der Waals surface area contributed by atoms with E-state index in [0.29, 0.717) is 22.2 Å². The van der Waals surface area contributed by atoms with Crippen molar-refractivity contribution in [1.82, 2.24) is 4.90 Å². The number of rotatable bonds is 2. The Labute approximate surface area is 139 Å². The topological polar surface area (TPSA) is 60.8 Å². The first-order chi connectivity index (χ1) is 8.90. The van der Waals surface area contributed by atoms with Crippen molar-refractivity contribution < 1.29 is 15.0 Å². The second-order valence-electron chi connectivity index (χ2n) is 4.82. The lowest BCUT2D eigenvalue weighted by Crippen LogP contribution is -2.30. The summed E-state index contributed by atoms with van der Waals surface area (Å²) >= 11 is 4.15.